The molecule has 6 atom stereocenters. The third-order valence-electron chi connectivity index (χ3n) is 9.27. The molecular weight excluding hydrogens is 562 g/mol. The van der Waals surface area contributed by atoms with E-state index in [1.54, 1.807) is 15.7 Å². The lowest BCUT2D eigenvalue weighted by molar-refractivity contribution is -0.156. The van der Waals surface area contributed by atoms with Crippen molar-refractivity contribution >= 4 is 28.8 Å². The van der Waals surface area contributed by atoms with Crippen LogP contribution in [0.25, 0.3) is 11.0 Å². The highest BCUT2D eigenvalue weighted by Crippen LogP contribution is 2.53. The van der Waals surface area contributed by atoms with Crippen molar-refractivity contribution in [1.29, 1.82) is 0 Å². The molecule has 0 bridgehead atoms. The summed E-state index contributed by atoms with van der Waals surface area (Å²) in [7, 11) is 0. The number of carbonyl (C=O) groups is 3. The van der Waals surface area contributed by atoms with E-state index in [-0.39, 0.29) is 32.3 Å². The van der Waals surface area contributed by atoms with Gasteiger partial charge in [0.05, 0.1) is 36.8 Å². The summed E-state index contributed by atoms with van der Waals surface area (Å²) in [6, 6.07) is 15.2. The maximum Gasteiger partial charge on any atom is 0.312 e. The Morgan fingerprint density at radius 1 is 1.00 bits per heavy atom. The molecule has 11 heteroatoms. The average Bonchev–Trinajstić information content (AvgIpc) is 3.64. The number of aromatic nitrogens is 3. The number of cyclic esters (lactones) is 1. The van der Waals surface area contributed by atoms with Crippen molar-refractivity contribution in [2.24, 2.45) is 11.8 Å². The highest BCUT2D eigenvalue weighted by Gasteiger charge is 2.72. The van der Waals surface area contributed by atoms with Gasteiger partial charge >= 0.3 is 5.97 Å². The van der Waals surface area contributed by atoms with Crippen molar-refractivity contribution in [2.45, 2.75) is 56.1 Å². The number of rotatable bonds is 6. The Hall–Kier alpha value is -4.35. The van der Waals surface area contributed by atoms with Crippen LogP contribution in [0, 0.1) is 11.8 Å². The van der Waals surface area contributed by atoms with Gasteiger partial charge in [0.2, 0.25) is 5.91 Å². The molecule has 1 N–H and O–H groups in total. The topological polar surface area (TPSA) is 127 Å². The fourth-order valence-electron chi connectivity index (χ4n) is 7.24. The first kappa shape index (κ1) is 28.4. The molecule has 0 aliphatic carbocycles. The molecule has 1 spiro atoms. The molecule has 2 amide bonds. The quantitative estimate of drug-likeness (QED) is 0.339. The lowest BCUT2D eigenvalue weighted by Gasteiger charge is -2.38. The predicted molar refractivity (Wildman–Crippen MR) is 159 cm³/mol. The number of likely N-dealkylation sites (tertiary alicyclic amines) is 1. The number of esters is 1. The summed E-state index contributed by atoms with van der Waals surface area (Å²) in [4.78, 5) is 46.0. The van der Waals surface area contributed by atoms with Crippen LogP contribution in [0.5, 0.6) is 0 Å². The Balaban J connectivity index is 1.31. The first-order valence-corrected chi connectivity index (χ1v) is 15.2. The summed E-state index contributed by atoms with van der Waals surface area (Å²) in [5.74, 6) is -3.17. The van der Waals surface area contributed by atoms with E-state index in [0.29, 0.717) is 11.9 Å². The van der Waals surface area contributed by atoms with Crippen molar-refractivity contribution in [3.63, 3.8) is 0 Å². The number of aliphatic hydroxyl groups is 1. The van der Waals surface area contributed by atoms with Gasteiger partial charge in [0.1, 0.15) is 29.7 Å². The van der Waals surface area contributed by atoms with Crippen molar-refractivity contribution in [3.8, 4) is 0 Å². The molecule has 0 saturated carbocycles. The number of carbonyl (C=O) groups excluding carboxylic acids is 3. The number of benzene rings is 2. The average molecular weight is 598 g/mol. The van der Waals surface area contributed by atoms with Gasteiger partial charge in [-0.1, -0.05) is 72.0 Å². The van der Waals surface area contributed by atoms with Gasteiger partial charge in [-0.15, -0.1) is 5.10 Å². The minimum atomic E-state index is -1.43. The summed E-state index contributed by atoms with van der Waals surface area (Å²) < 4.78 is 14.0. The van der Waals surface area contributed by atoms with E-state index in [9.17, 15) is 19.5 Å². The zero-order valence-corrected chi connectivity index (χ0v) is 24.3. The van der Waals surface area contributed by atoms with Crippen molar-refractivity contribution in [3.05, 3.63) is 84.5 Å². The molecule has 2 saturated heterocycles. The lowest BCUT2D eigenvalue weighted by atomic mass is 9.78. The van der Waals surface area contributed by atoms with E-state index >= 15 is 0 Å². The Morgan fingerprint density at radius 2 is 1.82 bits per heavy atom. The van der Waals surface area contributed by atoms with Crippen LogP contribution in [-0.2, 0) is 36.9 Å². The number of nitrogens with zero attached hydrogens (tertiary/aromatic N) is 5. The van der Waals surface area contributed by atoms with E-state index in [1.165, 1.54) is 4.90 Å². The Labute approximate surface area is 254 Å². The molecule has 5 heterocycles. The maximum atomic E-state index is 14.7. The molecule has 7 rings (SSSR count). The number of hydrogen-bond donors (Lipinski definition) is 1. The zero-order valence-electron chi connectivity index (χ0n) is 24.3. The number of para-hydroxylation sites is 1. The SMILES string of the molecule is O=C1OCCCC/C=C\[C@@H]2O[C@]34C=CCN(Cn5nnc6ccccc65)C(=O)C3N([C@@H](CO)Cc3ccccc3)C(=O)[C@@H]4[C@H]12. The second-order valence-electron chi connectivity index (χ2n) is 11.9. The largest absolute Gasteiger partial charge is 0.465 e. The van der Waals surface area contributed by atoms with Gasteiger partial charge in [0, 0.05) is 6.54 Å². The number of aliphatic hydroxyl groups excluding tert-OH is 1. The molecule has 11 nitrogen and oxygen atoms in total. The molecule has 2 aromatic carbocycles. The third kappa shape index (κ3) is 4.71. The third-order valence-corrected chi connectivity index (χ3v) is 9.27. The summed E-state index contributed by atoms with van der Waals surface area (Å²) in [5, 5.41) is 19.2. The zero-order chi connectivity index (χ0) is 30.3. The standard InChI is InChI=1S/C33H35N5O6/c39-20-23(19-22-11-4-3-5-12-22)38-29-31(41)36(21-37-25-14-8-7-13-24(25)34-35-37)17-10-16-33(29)28(30(38)40)27-26(44-33)15-6-1-2-9-18-43-32(27)42/h3-8,10-16,23,26-29,39H,1-2,9,17-21H2/b15-6-/t23-,26+,27-,28+,29?,33+/m1/s1. The molecule has 2 fully saturated rings. The molecule has 44 heavy (non-hydrogen) atoms. The molecule has 1 unspecified atom stereocenters. The van der Waals surface area contributed by atoms with Gasteiger partial charge in [0.15, 0.2) is 0 Å². The van der Waals surface area contributed by atoms with E-state index in [2.05, 4.69) is 10.3 Å². The van der Waals surface area contributed by atoms with Gasteiger partial charge in [0.25, 0.3) is 5.91 Å². The van der Waals surface area contributed by atoms with Crippen LogP contribution in [0.15, 0.2) is 78.9 Å². The number of ether oxygens (including phenoxy) is 2. The summed E-state index contributed by atoms with van der Waals surface area (Å²) in [6.07, 6.45) is 9.43. The molecular formula is C33H35N5O6. The van der Waals surface area contributed by atoms with Crippen molar-refractivity contribution in [2.75, 3.05) is 19.8 Å². The molecule has 1 aromatic heterocycles. The fourth-order valence-corrected chi connectivity index (χ4v) is 7.24. The van der Waals surface area contributed by atoms with E-state index in [0.717, 1.165) is 30.3 Å². The van der Waals surface area contributed by atoms with Gasteiger partial charge < -0.3 is 24.4 Å². The van der Waals surface area contributed by atoms with Crippen LogP contribution in [-0.4, -0.2) is 91.2 Å². The van der Waals surface area contributed by atoms with Gasteiger partial charge in [-0.2, -0.15) is 0 Å². The lowest BCUT2D eigenvalue weighted by Crippen LogP contribution is -2.58. The summed E-state index contributed by atoms with van der Waals surface area (Å²) in [6.45, 7) is 0.226. The maximum absolute atomic E-state index is 14.7. The fraction of sp³-hybridized carbons (Fsp3) is 0.424. The van der Waals surface area contributed by atoms with E-state index in [4.69, 9.17) is 9.47 Å². The second-order valence-corrected chi connectivity index (χ2v) is 11.9. The second kappa shape index (κ2) is 11.6. The molecule has 4 aliphatic heterocycles. The van der Waals surface area contributed by atoms with Crippen LogP contribution in [0.2, 0.25) is 0 Å². The number of hydrogen-bond acceptors (Lipinski definition) is 8. The number of allylic oxidation sites excluding steroid dienone is 1. The smallest absolute Gasteiger partial charge is 0.312 e. The number of fused-ring (bicyclic) bond motifs is 3. The Bertz CT molecular complexity index is 1620. The predicted octanol–water partition coefficient (Wildman–Crippen LogP) is 2.25. The first-order valence-electron chi connectivity index (χ1n) is 15.2. The molecule has 4 aliphatic rings. The monoisotopic (exact) mass is 597 g/mol. The Kier molecular flexibility index (Phi) is 7.51. The van der Waals surface area contributed by atoms with Crippen molar-refractivity contribution in [1.82, 2.24) is 24.8 Å². The molecule has 228 valence electrons. The summed E-state index contributed by atoms with van der Waals surface area (Å²) in [5.41, 5.74) is 0.959. The first-order chi connectivity index (χ1) is 21.5. The minimum Gasteiger partial charge on any atom is -0.465 e. The van der Waals surface area contributed by atoms with Gasteiger partial charge in [-0.25, -0.2) is 4.68 Å². The normalized spacial score (nSPS) is 30.0. The minimum absolute atomic E-state index is 0.0975. The molecule has 3 aromatic rings. The van der Waals surface area contributed by atoms with Crippen LogP contribution < -0.4 is 0 Å². The summed E-state index contributed by atoms with van der Waals surface area (Å²) >= 11 is 0. The van der Waals surface area contributed by atoms with E-state index < -0.39 is 47.5 Å². The van der Waals surface area contributed by atoms with Gasteiger partial charge in [-0.3, -0.25) is 14.4 Å². The van der Waals surface area contributed by atoms with Gasteiger partial charge in [-0.05, 0) is 43.4 Å². The van der Waals surface area contributed by atoms with Crippen molar-refractivity contribution < 1.29 is 29.0 Å². The van der Waals surface area contributed by atoms with Crippen LogP contribution in [0.3, 0.4) is 0 Å². The molecule has 0 radical (unpaired) electrons. The van der Waals surface area contributed by atoms with Crippen LogP contribution in [0.1, 0.15) is 24.8 Å². The highest BCUT2D eigenvalue weighted by atomic mass is 16.6. The van der Waals surface area contributed by atoms with E-state index in [1.807, 2.05) is 72.8 Å². The highest BCUT2D eigenvalue weighted by molar-refractivity contribution is 5.99. The Morgan fingerprint density at radius 3 is 2.66 bits per heavy atom. The van der Waals surface area contributed by atoms with Crippen LogP contribution >= 0.6 is 0 Å². The number of amides is 2. The van der Waals surface area contributed by atoms with Crippen LogP contribution in [0.4, 0.5) is 0 Å².